The summed E-state index contributed by atoms with van der Waals surface area (Å²) in [5, 5.41) is 10.9. The predicted octanol–water partition coefficient (Wildman–Crippen LogP) is 3.15. The Balaban J connectivity index is 2.16. The zero-order chi connectivity index (χ0) is 16.7. The highest BCUT2D eigenvalue weighted by Crippen LogP contribution is 2.63. The van der Waals surface area contributed by atoms with E-state index in [1.54, 1.807) is 24.3 Å². The summed E-state index contributed by atoms with van der Waals surface area (Å²) >= 11 is 0. The van der Waals surface area contributed by atoms with E-state index in [2.05, 4.69) is 0 Å². The van der Waals surface area contributed by atoms with Gasteiger partial charge in [0.05, 0.1) is 0 Å². The maximum atomic E-state index is 14.3. The largest absolute Gasteiger partial charge is 0.380 e. The molecule has 2 nitrogen and oxygen atoms in total. The number of carbonyl (C=O) groups excluding carboxylic acids is 1. The normalized spacial score (nSPS) is 27.0. The molecule has 118 valence electrons. The highest BCUT2D eigenvalue weighted by atomic mass is 19.2. The Hall–Kier alpha value is -2.21. The second kappa shape index (κ2) is 4.20. The van der Waals surface area contributed by atoms with Crippen LogP contribution in [0.5, 0.6) is 0 Å². The molecule has 0 aliphatic heterocycles. The van der Waals surface area contributed by atoms with Crippen LogP contribution in [-0.2, 0) is 4.79 Å². The number of Topliss-reactive ketones (excluding diaryl/α,β-unsaturated/α-hetero) is 1. The van der Waals surface area contributed by atoms with Crippen molar-refractivity contribution in [2.24, 2.45) is 0 Å². The van der Waals surface area contributed by atoms with E-state index in [1.165, 1.54) is 0 Å². The van der Waals surface area contributed by atoms with Crippen LogP contribution in [0.2, 0.25) is 0 Å². The van der Waals surface area contributed by atoms with Crippen LogP contribution < -0.4 is 0 Å². The van der Waals surface area contributed by atoms with Crippen molar-refractivity contribution in [2.45, 2.75) is 24.4 Å². The predicted molar refractivity (Wildman–Crippen MR) is 72.0 cm³/mol. The second-order valence-corrected chi connectivity index (χ2v) is 5.96. The van der Waals surface area contributed by atoms with Gasteiger partial charge in [0.1, 0.15) is 5.60 Å². The summed E-state index contributed by atoms with van der Waals surface area (Å²) in [7, 11) is 0. The van der Waals surface area contributed by atoms with Crippen molar-refractivity contribution in [3.63, 3.8) is 0 Å². The Morgan fingerprint density at radius 3 is 1.65 bits per heavy atom. The van der Waals surface area contributed by atoms with Crippen LogP contribution in [0.3, 0.4) is 0 Å². The average molecular weight is 322 g/mol. The summed E-state index contributed by atoms with van der Waals surface area (Å²) in [6.45, 7) is 1.10. The van der Waals surface area contributed by atoms with Gasteiger partial charge in [0, 0.05) is 23.0 Å². The zero-order valence-electron chi connectivity index (χ0n) is 11.8. The van der Waals surface area contributed by atoms with E-state index < -0.39 is 57.6 Å². The number of hydrogen-bond donors (Lipinski definition) is 1. The van der Waals surface area contributed by atoms with Gasteiger partial charge in [-0.25, -0.2) is 17.6 Å². The third kappa shape index (κ3) is 1.40. The molecular formula is C17H10F4O2. The molecule has 0 fully saturated rings. The molecule has 0 spiro atoms. The van der Waals surface area contributed by atoms with Crippen LogP contribution in [0.15, 0.2) is 24.3 Å². The van der Waals surface area contributed by atoms with Crippen molar-refractivity contribution in [2.75, 3.05) is 0 Å². The summed E-state index contributed by atoms with van der Waals surface area (Å²) in [5.74, 6) is -10.2. The van der Waals surface area contributed by atoms with Crippen molar-refractivity contribution in [3.05, 3.63) is 69.8 Å². The number of carbonyl (C=O) groups is 1. The molecule has 2 atom stereocenters. The van der Waals surface area contributed by atoms with E-state index >= 15 is 0 Å². The minimum Gasteiger partial charge on any atom is -0.380 e. The van der Waals surface area contributed by atoms with Crippen LogP contribution in [0.1, 0.15) is 41.0 Å². The van der Waals surface area contributed by atoms with Crippen LogP contribution in [0.25, 0.3) is 0 Å². The first-order valence-corrected chi connectivity index (χ1v) is 6.99. The molecule has 0 amide bonds. The average Bonchev–Trinajstić information content (AvgIpc) is 2.96. The Morgan fingerprint density at radius 1 is 0.913 bits per heavy atom. The van der Waals surface area contributed by atoms with Crippen LogP contribution in [0.4, 0.5) is 17.6 Å². The standard InChI is InChI=1S/C17H10F4O2/c1-6(22)17(23)11-7-4-2-3-5-8(7)12(17)10-9(11)13(18)15(20)16(21)14(10)19/h2-5,11-12,23H,1H3/t11-,12-/m1/s1. The van der Waals surface area contributed by atoms with E-state index in [4.69, 9.17) is 0 Å². The lowest BCUT2D eigenvalue weighted by molar-refractivity contribution is -0.135. The number of benzene rings is 2. The lowest BCUT2D eigenvalue weighted by atomic mass is 9.83. The molecule has 0 unspecified atom stereocenters. The molecule has 0 saturated carbocycles. The van der Waals surface area contributed by atoms with Gasteiger partial charge in [0.15, 0.2) is 29.1 Å². The SMILES string of the molecule is CC(=O)C1(O)[C@@H]2c3ccccc3[C@@H]1c1c(F)c(F)c(F)c(F)c12. The minimum absolute atomic E-state index is 0.423. The van der Waals surface area contributed by atoms with Gasteiger partial charge in [0.2, 0.25) is 0 Å². The molecule has 2 bridgehead atoms. The van der Waals surface area contributed by atoms with E-state index in [-0.39, 0.29) is 0 Å². The fourth-order valence-electron chi connectivity index (χ4n) is 4.07. The number of ketones is 1. The lowest BCUT2D eigenvalue weighted by Crippen LogP contribution is -2.41. The molecule has 1 N–H and O–H groups in total. The molecular weight excluding hydrogens is 312 g/mol. The summed E-state index contributed by atoms with van der Waals surface area (Å²) in [6.07, 6.45) is 0. The quantitative estimate of drug-likeness (QED) is 0.497. The summed E-state index contributed by atoms with van der Waals surface area (Å²) in [4.78, 5) is 12.1. The van der Waals surface area contributed by atoms with Crippen LogP contribution in [0, 0.1) is 23.3 Å². The Labute approximate surface area is 128 Å². The molecule has 2 aromatic rings. The fourth-order valence-corrected chi connectivity index (χ4v) is 4.07. The molecule has 0 aromatic heterocycles. The molecule has 2 aliphatic carbocycles. The van der Waals surface area contributed by atoms with Crippen molar-refractivity contribution in [1.29, 1.82) is 0 Å². The molecule has 0 radical (unpaired) electrons. The maximum absolute atomic E-state index is 14.3. The first-order chi connectivity index (χ1) is 10.8. The highest BCUT2D eigenvalue weighted by Gasteiger charge is 2.64. The topological polar surface area (TPSA) is 37.3 Å². The fraction of sp³-hybridized carbons (Fsp3) is 0.235. The molecule has 2 aromatic carbocycles. The number of fused-ring (bicyclic) bond motifs is 8. The van der Waals surface area contributed by atoms with Gasteiger partial charge in [-0.15, -0.1) is 0 Å². The van der Waals surface area contributed by atoms with E-state index in [0.29, 0.717) is 11.1 Å². The van der Waals surface area contributed by atoms with Crippen molar-refractivity contribution in [1.82, 2.24) is 0 Å². The molecule has 4 rings (SSSR count). The van der Waals surface area contributed by atoms with Gasteiger partial charge in [-0.3, -0.25) is 4.79 Å². The van der Waals surface area contributed by atoms with Crippen molar-refractivity contribution >= 4 is 5.78 Å². The van der Waals surface area contributed by atoms with Gasteiger partial charge in [-0.05, 0) is 18.1 Å². The molecule has 6 heteroatoms. The zero-order valence-corrected chi connectivity index (χ0v) is 11.8. The Kier molecular flexibility index (Phi) is 2.63. The number of halogens is 4. The smallest absolute Gasteiger partial charge is 0.197 e. The van der Waals surface area contributed by atoms with E-state index in [9.17, 15) is 27.5 Å². The lowest BCUT2D eigenvalue weighted by Gasteiger charge is -2.25. The van der Waals surface area contributed by atoms with Crippen molar-refractivity contribution in [3.8, 4) is 0 Å². The Morgan fingerprint density at radius 2 is 1.30 bits per heavy atom. The van der Waals surface area contributed by atoms with Crippen LogP contribution in [-0.4, -0.2) is 16.5 Å². The Bertz CT molecular complexity index is 829. The summed E-state index contributed by atoms with van der Waals surface area (Å²) in [6, 6.07) is 6.37. The summed E-state index contributed by atoms with van der Waals surface area (Å²) in [5.41, 5.74) is -2.24. The molecule has 2 aliphatic rings. The molecule has 0 heterocycles. The number of hydrogen-bond acceptors (Lipinski definition) is 2. The first kappa shape index (κ1) is 14.4. The van der Waals surface area contributed by atoms with Gasteiger partial charge >= 0.3 is 0 Å². The molecule has 23 heavy (non-hydrogen) atoms. The monoisotopic (exact) mass is 322 g/mol. The summed E-state index contributed by atoms with van der Waals surface area (Å²) < 4.78 is 55.9. The van der Waals surface area contributed by atoms with Gasteiger partial charge in [-0.1, -0.05) is 24.3 Å². The van der Waals surface area contributed by atoms with E-state index in [1.807, 2.05) is 0 Å². The second-order valence-electron chi connectivity index (χ2n) is 5.96. The van der Waals surface area contributed by atoms with Gasteiger partial charge < -0.3 is 5.11 Å². The van der Waals surface area contributed by atoms with E-state index in [0.717, 1.165) is 6.92 Å². The third-order valence-corrected chi connectivity index (χ3v) is 4.98. The van der Waals surface area contributed by atoms with Gasteiger partial charge in [-0.2, -0.15) is 0 Å². The maximum Gasteiger partial charge on any atom is 0.197 e. The van der Waals surface area contributed by atoms with Crippen LogP contribution >= 0.6 is 0 Å². The van der Waals surface area contributed by atoms with Gasteiger partial charge in [0.25, 0.3) is 0 Å². The highest BCUT2D eigenvalue weighted by molar-refractivity contribution is 5.93. The number of rotatable bonds is 1. The third-order valence-electron chi connectivity index (χ3n) is 4.98. The first-order valence-electron chi connectivity index (χ1n) is 6.99. The minimum atomic E-state index is -2.14. The molecule has 0 saturated heterocycles. The van der Waals surface area contributed by atoms with Crippen molar-refractivity contribution < 1.29 is 27.5 Å². The number of aliphatic hydroxyl groups is 1.